The van der Waals surface area contributed by atoms with Crippen LogP contribution in [-0.4, -0.2) is 104 Å². The van der Waals surface area contributed by atoms with E-state index in [1.165, 1.54) is 9.80 Å². The van der Waals surface area contributed by atoms with Gasteiger partial charge in [0.25, 0.3) is 11.8 Å². The minimum Gasteiger partial charge on any atom is -0.340 e. The van der Waals surface area contributed by atoms with Gasteiger partial charge in [-0.05, 0) is 90.8 Å². The Morgan fingerprint density at radius 3 is 1.55 bits per heavy atom. The number of benzene rings is 4. The zero-order valence-corrected chi connectivity index (χ0v) is 37.0. The summed E-state index contributed by atoms with van der Waals surface area (Å²) < 4.78 is 60.9. The van der Waals surface area contributed by atoms with Gasteiger partial charge < -0.3 is 14.8 Å². The first-order valence-electron chi connectivity index (χ1n) is 23.5. The molecule has 4 fully saturated rings. The number of H-pyrrole nitrogens is 1. The third kappa shape index (κ3) is 9.12. The number of aromatic amines is 1. The number of carbonyl (C=O) groups excluding carboxylic acids is 2. The predicted octanol–water partition coefficient (Wildman–Crippen LogP) is 10.5. The number of hydrogen-bond acceptors (Lipinski definition) is 6. The number of imidazole rings is 1. The SMILES string of the molecule is O=C([C@@H](c1ccccc1)N1CCCCC1)N1CC(F)(F)C[C@H]1C1=NC=C(c2ccc(-c3ccc(-c4cnc([C@@H]5CC(F)(F)CN5C(=O)[C@@H](c5ccccc5)N5CCCCC5)[nH]4)cc3)cc2)C1. The molecule has 0 bridgehead atoms. The van der Waals surface area contributed by atoms with E-state index >= 15 is 17.6 Å². The van der Waals surface area contributed by atoms with Gasteiger partial charge in [0.2, 0.25) is 11.8 Å². The first-order chi connectivity index (χ1) is 32.0. The van der Waals surface area contributed by atoms with Gasteiger partial charge in [-0.15, -0.1) is 0 Å². The highest BCUT2D eigenvalue weighted by Gasteiger charge is 2.52. The van der Waals surface area contributed by atoms with Gasteiger partial charge in [0.05, 0.1) is 37.1 Å². The first-order valence-corrected chi connectivity index (χ1v) is 23.5. The second-order valence-corrected chi connectivity index (χ2v) is 18.7. The van der Waals surface area contributed by atoms with Gasteiger partial charge >= 0.3 is 0 Å². The lowest BCUT2D eigenvalue weighted by molar-refractivity contribution is -0.140. The predicted molar refractivity (Wildman–Crippen MR) is 248 cm³/mol. The summed E-state index contributed by atoms with van der Waals surface area (Å²) in [7, 11) is 0. The second kappa shape index (κ2) is 18.4. The Hall–Kier alpha value is -5.92. The number of hydrogen-bond donors (Lipinski definition) is 1. The van der Waals surface area contributed by atoms with Gasteiger partial charge in [0, 0.05) is 31.2 Å². The largest absolute Gasteiger partial charge is 0.340 e. The summed E-state index contributed by atoms with van der Waals surface area (Å²) in [4.78, 5) is 48.2. The Labute approximate surface area is 383 Å². The van der Waals surface area contributed by atoms with E-state index in [1.54, 1.807) is 12.4 Å². The molecule has 1 aromatic heterocycles. The third-order valence-corrected chi connectivity index (χ3v) is 14.2. The van der Waals surface area contributed by atoms with Crippen molar-refractivity contribution in [3.63, 3.8) is 0 Å². The van der Waals surface area contributed by atoms with Crippen molar-refractivity contribution in [1.82, 2.24) is 29.6 Å². The highest BCUT2D eigenvalue weighted by atomic mass is 19.3. The highest BCUT2D eigenvalue weighted by molar-refractivity contribution is 6.04. The number of aromatic nitrogens is 2. The number of aliphatic imine (C=N–C) groups is 1. The molecule has 0 aliphatic carbocycles. The molecule has 9 nitrogen and oxygen atoms in total. The number of alkyl halides is 4. The van der Waals surface area contributed by atoms with E-state index in [0.717, 1.165) is 104 Å². The topological polar surface area (TPSA) is 88.1 Å². The molecule has 0 spiro atoms. The normalized spacial score (nSPS) is 23.1. The van der Waals surface area contributed by atoms with Crippen molar-refractivity contribution in [3.05, 3.63) is 144 Å². The summed E-state index contributed by atoms with van der Waals surface area (Å²) >= 11 is 0. The van der Waals surface area contributed by atoms with E-state index in [1.807, 2.05) is 109 Å². The van der Waals surface area contributed by atoms with Crippen LogP contribution in [0.4, 0.5) is 17.6 Å². The zero-order chi connectivity index (χ0) is 45.4. The number of carbonyl (C=O) groups is 2. The number of halogens is 4. The third-order valence-electron chi connectivity index (χ3n) is 14.2. The van der Waals surface area contributed by atoms with Gasteiger partial charge in [-0.2, -0.15) is 0 Å². The lowest BCUT2D eigenvalue weighted by atomic mass is 9.95. The molecule has 5 aromatic rings. The first kappa shape index (κ1) is 43.9. The van der Waals surface area contributed by atoms with Crippen LogP contribution >= 0.6 is 0 Å². The molecule has 5 aliphatic rings. The minimum atomic E-state index is -3.05. The van der Waals surface area contributed by atoms with Crippen LogP contribution < -0.4 is 0 Å². The molecule has 0 unspecified atom stereocenters. The standard InChI is InChI=1S/C53H55F4N7O2/c54-52(55)30-45(63(34-52)50(65)47(40-13-5-1-6-14-40)61-25-9-3-10-26-61)43-29-42(32-58-43)38-19-17-36(18-20-38)37-21-23-39(24-22-37)44-33-59-49(60-44)46-31-53(56,57)35-64(46)51(66)48(41-15-7-2-8-16-41)62-27-11-4-12-28-62/h1-2,5-8,13-24,32-33,45-48H,3-4,9-12,25-31,34-35H2,(H,59,60)/t45-,46-,47+,48+/m0/s1. The Balaban J connectivity index is 0.807. The maximum absolute atomic E-state index is 15.2. The fraction of sp³-hybridized carbons (Fsp3) is 0.396. The lowest BCUT2D eigenvalue weighted by Gasteiger charge is -2.37. The van der Waals surface area contributed by atoms with E-state index in [-0.39, 0.29) is 11.8 Å². The van der Waals surface area contributed by atoms with E-state index in [2.05, 4.69) is 24.8 Å². The molecule has 4 saturated heterocycles. The van der Waals surface area contributed by atoms with E-state index in [9.17, 15) is 9.59 Å². The molecule has 10 rings (SSSR count). The smallest absolute Gasteiger partial charge is 0.267 e. The van der Waals surface area contributed by atoms with Crippen LogP contribution in [0.15, 0.2) is 127 Å². The maximum atomic E-state index is 15.2. The Morgan fingerprint density at radius 1 is 0.576 bits per heavy atom. The van der Waals surface area contributed by atoms with Crippen molar-refractivity contribution >= 4 is 23.1 Å². The number of rotatable bonds is 11. The minimum absolute atomic E-state index is 0.290. The molecule has 13 heteroatoms. The molecule has 4 atom stereocenters. The maximum Gasteiger partial charge on any atom is 0.267 e. The van der Waals surface area contributed by atoms with Crippen molar-refractivity contribution in [3.8, 4) is 22.4 Å². The van der Waals surface area contributed by atoms with Crippen molar-refractivity contribution < 1.29 is 27.2 Å². The van der Waals surface area contributed by atoms with Crippen LogP contribution in [0.1, 0.15) is 98.4 Å². The summed E-state index contributed by atoms with van der Waals surface area (Å²) in [6.45, 7) is 1.71. The Morgan fingerprint density at radius 2 is 1.03 bits per heavy atom. The summed E-state index contributed by atoms with van der Waals surface area (Å²) in [6, 6.07) is 31.9. The van der Waals surface area contributed by atoms with Crippen LogP contribution in [0.3, 0.4) is 0 Å². The van der Waals surface area contributed by atoms with Crippen LogP contribution in [0.2, 0.25) is 0 Å². The molecule has 2 amide bonds. The summed E-state index contributed by atoms with van der Waals surface area (Å²) in [5.41, 5.74) is 7.46. The van der Waals surface area contributed by atoms with Crippen molar-refractivity contribution in [2.24, 2.45) is 4.99 Å². The summed E-state index contributed by atoms with van der Waals surface area (Å²) in [5, 5.41) is 0. The van der Waals surface area contributed by atoms with Crippen LogP contribution in [0.5, 0.6) is 0 Å². The molecule has 66 heavy (non-hydrogen) atoms. The lowest BCUT2D eigenvalue weighted by Crippen LogP contribution is -2.48. The summed E-state index contributed by atoms with van der Waals surface area (Å²) in [6.07, 6.45) is 8.86. The van der Waals surface area contributed by atoms with Crippen molar-refractivity contribution in [2.45, 2.75) is 93.8 Å². The number of nitrogens with zero attached hydrogens (tertiary/aromatic N) is 6. The van der Waals surface area contributed by atoms with E-state index in [0.29, 0.717) is 23.7 Å². The molecule has 4 aromatic carbocycles. The number of amides is 2. The Bertz CT molecular complexity index is 2570. The van der Waals surface area contributed by atoms with Crippen LogP contribution in [-0.2, 0) is 9.59 Å². The Kier molecular flexibility index (Phi) is 12.2. The van der Waals surface area contributed by atoms with Crippen molar-refractivity contribution in [2.75, 3.05) is 39.3 Å². The van der Waals surface area contributed by atoms with Gasteiger partial charge in [-0.3, -0.25) is 24.4 Å². The van der Waals surface area contributed by atoms with Crippen LogP contribution in [0.25, 0.3) is 28.0 Å². The number of likely N-dealkylation sites (tertiary alicyclic amines) is 4. The van der Waals surface area contributed by atoms with Crippen LogP contribution in [0, 0.1) is 0 Å². The van der Waals surface area contributed by atoms with Gasteiger partial charge in [0.15, 0.2) is 0 Å². The molecule has 0 saturated carbocycles. The average molecular weight is 898 g/mol. The van der Waals surface area contributed by atoms with E-state index < -0.39 is 61.9 Å². The number of piperidine rings is 2. The molecular formula is C53H55F4N7O2. The molecule has 6 heterocycles. The fourth-order valence-corrected chi connectivity index (χ4v) is 10.8. The fourth-order valence-electron chi connectivity index (χ4n) is 10.8. The molecule has 5 aliphatic heterocycles. The second-order valence-electron chi connectivity index (χ2n) is 18.7. The zero-order valence-electron chi connectivity index (χ0n) is 37.0. The number of nitrogens with one attached hydrogen (secondary N) is 1. The van der Waals surface area contributed by atoms with Crippen molar-refractivity contribution in [1.29, 1.82) is 0 Å². The molecular weight excluding hydrogens is 843 g/mol. The van der Waals surface area contributed by atoms with E-state index in [4.69, 9.17) is 0 Å². The average Bonchev–Trinajstić information content (AvgIpc) is 4.16. The summed E-state index contributed by atoms with van der Waals surface area (Å²) in [5.74, 6) is -6.34. The molecule has 0 radical (unpaired) electrons. The van der Waals surface area contributed by atoms with Gasteiger partial charge in [-0.1, -0.05) is 122 Å². The monoisotopic (exact) mass is 897 g/mol. The quantitative estimate of drug-likeness (QED) is 0.133. The molecule has 342 valence electrons. The number of allylic oxidation sites excluding steroid dienone is 1. The molecule has 1 N–H and O–H groups in total. The van der Waals surface area contributed by atoms with Gasteiger partial charge in [-0.25, -0.2) is 22.5 Å². The van der Waals surface area contributed by atoms with Gasteiger partial charge in [0.1, 0.15) is 17.9 Å². The highest BCUT2D eigenvalue weighted by Crippen LogP contribution is 2.44.